The SMILES string of the molecule is Cc1cc2c(n1-c1ccccc1OC(F)F)CCCC2N. The number of halogens is 2. The van der Waals surface area contributed by atoms with Crippen molar-refractivity contribution in [3.63, 3.8) is 0 Å². The van der Waals surface area contributed by atoms with E-state index >= 15 is 0 Å². The number of ether oxygens (including phenoxy) is 1. The minimum atomic E-state index is -2.83. The lowest BCUT2D eigenvalue weighted by atomic mass is 9.93. The van der Waals surface area contributed by atoms with E-state index in [1.165, 1.54) is 0 Å². The molecule has 2 aromatic rings. The molecule has 1 aromatic heterocycles. The fourth-order valence-electron chi connectivity index (χ4n) is 3.11. The molecule has 0 radical (unpaired) electrons. The highest BCUT2D eigenvalue weighted by atomic mass is 19.3. The first-order valence-corrected chi connectivity index (χ1v) is 7.09. The van der Waals surface area contributed by atoms with Crippen LogP contribution in [0.3, 0.4) is 0 Å². The molecule has 0 fully saturated rings. The number of para-hydroxylation sites is 2. The summed E-state index contributed by atoms with van der Waals surface area (Å²) in [5, 5.41) is 0. The number of fused-ring (bicyclic) bond motifs is 1. The van der Waals surface area contributed by atoms with E-state index in [9.17, 15) is 8.78 Å². The smallest absolute Gasteiger partial charge is 0.387 e. The molecule has 3 rings (SSSR count). The molecule has 5 heteroatoms. The van der Waals surface area contributed by atoms with Crippen LogP contribution in [0, 0.1) is 6.92 Å². The molecule has 1 atom stereocenters. The molecule has 112 valence electrons. The number of hydrogen-bond donors (Lipinski definition) is 1. The molecule has 0 bridgehead atoms. The van der Waals surface area contributed by atoms with Gasteiger partial charge in [0.2, 0.25) is 0 Å². The molecular weight excluding hydrogens is 274 g/mol. The Bertz CT molecular complexity index is 652. The Hall–Kier alpha value is -1.88. The van der Waals surface area contributed by atoms with Crippen molar-refractivity contribution >= 4 is 0 Å². The van der Waals surface area contributed by atoms with Gasteiger partial charge in [-0.1, -0.05) is 12.1 Å². The molecule has 21 heavy (non-hydrogen) atoms. The Morgan fingerprint density at radius 3 is 2.86 bits per heavy atom. The summed E-state index contributed by atoms with van der Waals surface area (Å²) in [6, 6.07) is 8.96. The minimum absolute atomic E-state index is 0.0249. The summed E-state index contributed by atoms with van der Waals surface area (Å²) in [6.07, 6.45) is 2.88. The standard InChI is InChI=1S/C16H18F2N2O/c1-10-9-11-12(19)5-4-7-13(11)20(10)14-6-2-3-8-15(14)21-16(17)18/h2-3,6,8-9,12,16H,4-5,7,19H2,1H3. The maximum Gasteiger partial charge on any atom is 0.387 e. The van der Waals surface area contributed by atoms with E-state index in [2.05, 4.69) is 10.8 Å². The van der Waals surface area contributed by atoms with Crippen LogP contribution in [0.25, 0.3) is 5.69 Å². The van der Waals surface area contributed by atoms with Gasteiger partial charge >= 0.3 is 6.61 Å². The molecular formula is C16H18F2N2O. The number of aromatic nitrogens is 1. The van der Waals surface area contributed by atoms with Crippen LogP contribution in [0.2, 0.25) is 0 Å². The Balaban J connectivity index is 2.13. The molecule has 1 aromatic carbocycles. The fraction of sp³-hybridized carbons (Fsp3) is 0.375. The Morgan fingerprint density at radius 1 is 1.33 bits per heavy atom. The van der Waals surface area contributed by atoms with Crippen LogP contribution < -0.4 is 10.5 Å². The zero-order valence-corrected chi connectivity index (χ0v) is 11.9. The average Bonchev–Trinajstić information content (AvgIpc) is 2.77. The molecule has 0 aliphatic heterocycles. The number of hydrogen-bond acceptors (Lipinski definition) is 2. The lowest BCUT2D eigenvalue weighted by molar-refractivity contribution is -0.0498. The first kappa shape index (κ1) is 14.1. The van der Waals surface area contributed by atoms with Gasteiger partial charge in [0.15, 0.2) is 0 Å². The molecule has 0 saturated heterocycles. The number of alkyl halides is 2. The van der Waals surface area contributed by atoms with Gasteiger partial charge in [-0.2, -0.15) is 8.78 Å². The van der Waals surface area contributed by atoms with Crippen LogP contribution in [-0.2, 0) is 6.42 Å². The second-order valence-electron chi connectivity index (χ2n) is 5.37. The van der Waals surface area contributed by atoms with E-state index in [0.717, 1.165) is 36.2 Å². The van der Waals surface area contributed by atoms with Crippen molar-refractivity contribution in [2.24, 2.45) is 5.73 Å². The van der Waals surface area contributed by atoms with Crippen molar-refractivity contribution in [2.75, 3.05) is 0 Å². The molecule has 3 nitrogen and oxygen atoms in total. The van der Waals surface area contributed by atoms with E-state index in [1.54, 1.807) is 18.2 Å². The van der Waals surface area contributed by atoms with E-state index < -0.39 is 6.61 Å². The molecule has 1 aliphatic carbocycles. The minimum Gasteiger partial charge on any atom is -0.433 e. The third kappa shape index (κ3) is 2.53. The Kier molecular flexibility index (Phi) is 3.68. The number of benzene rings is 1. The van der Waals surface area contributed by atoms with Crippen LogP contribution in [0.5, 0.6) is 5.75 Å². The highest BCUT2D eigenvalue weighted by molar-refractivity contribution is 5.51. The van der Waals surface area contributed by atoms with Gasteiger partial charge in [0, 0.05) is 17.4 Å². The van der Waals surface area contributed by atoms with Crippen molar-refractivity contribution in [3.8, 4) is 11.4 Å². The van der Waals surface area contributed by atoms with Gasteiger partial charge in [0.05, 0.1) is 5.69 Å². The van der Waals surface area contributed by atoms with Crippen molar-refractivity contribution < 1.29 is 13.5 Å². The maximum absolute atomic E-state index is 12.6. The number of rotatable bonds is 3. The van der Waals surface area contributed by atoms with E-state index in [1.807, 2.05) is 17.6 Å². The summed E-state index contributed by atoms with van der Waals surface area (Å²) in [5.41, 5.74) is 10.0. The number of nitrogens with zero attached hydrogens (tertiary/aromatic N) is 1. The van der Waals surface area contributed by atoms with Crippen LogP contribution in [0.4, 0.5) is 8.78 Å². The summed E-state index contributed by atoms with van der Waals surface area (Å²) < 4.78 is 31.8. The lowest BCUT2D eigenvalue weighted by Crippen LogP contribution is -2.18. The van der Waals surface area contributed by atoms with Gasteiger partial charge in [-0.15, -0.1) is 0 Å². The molecule has 1 heterocycles. The highest BCUT2D eigenvalue weighted by Gasteiger charge is 2.24. The second kappa shape index (κ2) is 5.48. The lowest BCUT2D eigenvalue weighted by Gasteiger charge is -2.22. The third-order valence-electron chi connectivity index (χ3n) is 3.97. The third-order valence-corrected chi connectivity index (χ3v) is 3.97. The molecule has 0 saturated carbocycles. The fourth-order valence-corrected chi connectivity index (χ4v) is 3.11. The van der Waals surface area contributed by atoms with Crippen molar-refractivity contribution in [3.05, 3.63) is 47.3 Å². The maximum atomic E-state index is 12.6. The van der Waals surface area contributed by atoms with Gasteiger partial charge in [0.25, 0.3) is 0 Å². The highest BCUT2D eigenvalue weighted by Crippen LogP contribution is 2.35. The van der Waals surface area contributed by atoms with E-state index in [0.29, 0.717) is 5.69 Å². The molecule has 0 amide bonds. The van der Waals surface area contributed by atoms with Crippen molar-refractivity contribution in [1.29, 1.82) is 0 Å². The molecule has 0 spiro atoms. The van der Waals surface area contributed by atoms with Crippen LogP contribution >= 0.6 is 0 Å². The van der Waals surface area contributed by atoms with E-state index in [4.69, 9.17) is 5.73 Å². The summed E-state index contributed by atoms with van der Waals surface area (Å²) in [6.45, 7) is -0.871. The monoisotopic (exact) mass is 292 g/mol. The Morgan fingerprint density at radius 2 is 2.10 bits per heavy atom. The first-order chi connectivity index (χ1) is 10.1. The summed E-state index contributed by atoms with van der Waals surface area (Å²) in [5.74, 6) is 0.188. The largest absolute Gasteiger partial charge is 0.433 e. The van der Waals surface area contributed by atoms with Crippen LogP contribution in [0.1, 0.15) is 35.8 Å². The summed E-state index contributed by atoms with van der Waals surface area (Å²) in [7, 11) is 0. The topological polar surface area (TPSA) is 40.2 Å². The quantitative estimate of drug-likeness (QED) is 0.936. The van der Waals surface area contributed by atoms with Gasteiger partial charge in [-0.3, -0.25) is 0 Å². The first-order valence-electron chi connectivity index (χ1n) is 7.09. The molecule has 1 unspecified atom stereocenters. The number of aryl methyl sites for hydroxylation is 1. The normalized spacial score (nSPS) is 17.9. The van der Waals surface area contributed by atoms with Gasteiger partial charge in [-0.25, -0.2) is 0 Å². The summed E-state index contributed by atoms with van der Waals surface area (Å²) in [4.78, 5) is 0. The average molecular weight is 292 g/mol. The van der Waals surface area contributed by atoms with Gasteiger partial charge in [-0.05, 0) is 49.9 Å². The summed E-state index contributed by atoms with van der Waals surface area (Å²) >= 11 is 0. The van der Waals surface area contributed by atoms with Crippen molar-refractivity contribution in [2.45, 2.75) is 38.8 Å². The van der Waals surface area contributed by atoms with E-state index in [-0.39, 0.29) is 11.8 Å². The second-order valence-corrected chi connectivity index (χ2v) is 5.37. The van der Waals surface area contributed by atoms with Gasteiger partial charge in [0.1, 0.15) is 5.75 Å². The van der Waals surface area contributed by atoms with Crippen LogP contribution in [0.15, 0.2) is 30.3 Å². The van der Waals surface area contributed by atoms with Crippen LogP contribution in [-0.4, -0.2) is 11.2 Å². The van der Waals surface area contributed by atoms with Crippen molar-refractivity contribution in [1.82, 2.24) is 4.57 Å². The zero-order chi connectivity index (χ0) is 15.0. The molecule has 2 N–H and O–H groups in total. The Labute approximate surface area is 122 Å². The number of nitrogens with two attached hydrogens (primary N) is 1. The predicted octanol–water partition coefficient (Wildman–Crippen LogP) is 3.72. The van der Waals surface area contributed by atoms with Gasteiger partial charge < -0.3 is 15.0 Å². The predicted molar refractivity (Wildman–Crippen MR) is 77.0 cm³/mol. The zero-order valence-electron chi connectivity index (χ0n) is 11.9. The molecule has 1 aliphatic rings.